The highest BCUT2D eigenvalue weighted by Gasteiger charge is 2.14. The molecule has 2 unspecified atom stereocenters. The van der Waals surface area contributed by atoms with E-state index in [0.29, 0.717) is 12.2 Å². The van der Waals surface area contributed by atoms with Crippen molar-refractivity contribution in [1.82, 2.24) is 5.32 Å². The Morgan fingerprint density at radius 2 is 2.43 bits per heavy atom. The Kier molecular flexibility index (Phi) is 6.15. The van der Waals surface area contributed by atoms with Crippen LogP contribution in [0.15, 0.2) is 0 Å². The van der Waals surface area contributed by atoms with E-state index in [2.05, 4.69) is 12.2 Å². The fraction of sp³-hybridized carbons (Fsp3) is 1.00. The molecule has 1 fully saturated rings. The Morgan fingerprint density at radius 1 is 1.57 bits per heavy atom. The summed E-state index contributed by atoms with van der Waals surface area (Å²) in [6, 6.07) is 0. The highest BCUT2D eigenvalue weighted by atomic mass is 16.5. The van der Waals surface area contributed by atoms with Crippen molar-refractivity contribution >= 4 is 0 Å². The third-order valence-corrected chi connectivity index (χ3v) is 2.76. The van der Waals surface area contributed by atoms with Gasteiger partial charge < -0.3 is 14.8 Å². The molecule has 14 heavy (non-hydrogen) atoms. The molecule has 0 aliphatic carbocycles. The van der Waals surface area contributed by atoms with Crippen LogP contribution in [0.4, 0.5) is 0 Å². The van der Waals surface area contributed by atoms with Crippen molar-refractivity contribution in [3.63, 3.8) is 0 Å². The lowest BCUT2D eigenvalue weighted by Gasteiger charge is -2.12. The van der Waals surface area contributed by atoms with Crippen LogP contribution in [-0.4, -0.2) is 39.0 Å². The number of rotatable bonds is 7. The SMILES string of the molecule is COC(C)CCCNCC1CCCO1. The molecule has 0 saturated carbocycles. The summed E-state index contributed by atoms with van der Waals surface area (Å²) in [5.74, 6) is 0. The van der Waals surface area contributed by atoms with E-state index in [1.54, 1.807) is 7.11 Å². The van der Waals surface area contributed by atoms with Crippen molar-refractivity contribution in [2.75, 3.05) is 26.8 Å². The van der Waals surface area contributed by atoms with E-state index < -0.39 is 0 Å². The van der Waals surface area contributed by atoms with Gasteiger partial charge in [-0.15, -0.1) is 0 Å². The van der Waals surface area contributed by atoms with Gasteiger partial charge in [-0.3, -0.25) is 0 Å². The molecule has 1 rings (SSSR count). The van der Waals surface area contributed by atoms with Crippen LogP contribution in [0.5, 0.6) is 0 Å². The maximum absolute atomic E-state index is 5.51. The summed E-state index contributed by atoms with van der Waals surface area (Å²) in [5, 5.41) is 3.43. The van der Waals surface area contributed by atoms with Crippen molar-refractivity contribution in [1.29, 1.82) is 0 Å². The second-order valence-corrected chi connectivity index (χ2v) is 4.03. The van der Waals surface area contributed by atoms with Crippen molar-refractivity contribution in [2.45, 2.75) is 44.8 Å². The molecule has 0 radical (unpaired) electrons. The third-order valence-electron chi connectivity index (χ3n) is 2.76. The Labute approximate surface area is 87.2 Å². The second kappa shape index (κ2) is 7.21. The number of hydrogen-bond acceptors (Lipinski definition) is 3. The predicted octanol–water partition coefficient (Wildman–Crippen LogP) is 1.57. The fourth-order valence-corrected chi connectivity index (χ4v) is 1.70. The van der Waals surface area contributed by atoms with E-state index >= 15 is 0 Å². The predicted molar refractivity (Wildman–Crippen MR) is 57.5 cm³/mol. The summed E-state index contributed by atoms with van der Waals surface area (Å²) in [6.45, 7) is 5.15. The average molecular weight is 201 g/mol. The summed E-state index contributed by atoms with van der Waals surface area (Å²) in [6.07, 6.45) is 5.63. The van der Waals surface area contributed by atoms with Crippen LogP contribution in [0.25, 0.3) is 0 Å². The highest BCUT2D eigenvalue weighted by Crippen LogP contribution is 2.10. The molecule has 0 bridgehead atoms. The van der Waals surface area contributed by atoms with Gasteiger partial charge in [0.05, 0.1) is 12.2 Å². The van der Waals surface area contributed by atoms with Gasteiger partial charge in [-0.2, -0.15) is 0 Å². The smallest absolute Gasteiger partial charge is 0.0700 e. The van der Waals surface area contributed by atoms with Gasteiger partial charge in [-0.25, -0.2) is 0 Å². The van der Waals surface area contributed by atoms with Gasteiger partial charge in [0.25, 0.3) is 0 Å². The number of methoxy groups -OCH3 is 1. The van der Waals surface area contributed by atoms with Crippen molar-refractivity contribution < 1.29 is 9.47 Å². The minimum Gasteiger partial charge on any atom is -0.382 e. The van der Waals surface area contributed by atoms with Crippen molar-refractivity contribution in [2.24, 2.45) is 0 Å². The number of hydrogen-bond donors (Lipinski definition) is 1. The van der Waals surface area contributed by atoms with E-state index in [-0.39, 0.29) is 0 Å². The largest absolute Gasteiger partial charge is 0.382 e. The first-order valence-corrected chi connectivity index (χ1v) is 5.68. The lowest BCUT2D eigenvalue weighted by atomic mass is 10.2. The molecule has 1 aliphatic rings. The first-order valence-electron chi connectivity index (χ1n) is 5.68. The van der Waals surface area contributed by atoms with E-state index in [1.807, 2.05) is 0 Å². The van der Waals surface area contributed by atoms with Crippen molar-refractivity contribution in [3.05, 3.63) is 0 Å². The molecule has 84 valence electrons. The molecule has 3 nitrogen and oxygen atoms in total. The Bertz CT molecular complexity index is 135. The summed E-state index contributed by atoms with van der Waals surface area (Å²) >= 11 is 0. The lowest BCUT2D eigenvalue weighted by Crippen LogP contribution is -2.27. The normalized spacial score (nSPS) is 24.0. The van der Waals surface area contributed by atoms with Crippen LogP contribution in [0, 0.1) is 0 Å². The fourth-order valence-electron chi connectivity index (χ4n) is 1.70. The van der Waals surface area contributed by atoms with Gasteiger partial charge in [0.1, 0.15) is 0 Å². The molecule has 0 spiro atoms. The van der Waals surface area contributed by atoms with Gasteiger partial charge >= 0.3 is 0 Å². The molecular formula is C11H23NO2. The summed E-state index contributed by atoms with van der Waals surface area (Å²) < 4.78 is 10.7. The Balaban J connectivity index is 1.84. The van der Waals surface area contributed by atoms with Crippen LogP contribution >= 0.6 is 0 Å². The maximum atomic E-state index is 5.51. The van der Waals surface area contributed by atoms with Gasteiger partial charge in [0, 0.05) is 20.3 Å². The minimum atomic E-state index is 0.388. The van der Waals surface area contributed by atoms with Gasteiger partial charge in [-0.1, -0.05) is 0 Å². The van der Waals surface area contributed by atoms with Crippen LogP contribution < -0.4 is 5.32 Å². The van der Waals surface area contributed by atoms with Crippen LogP contribution in [0.3, 0.4) is 0 Å². The quantitative estimate of drug-likeness (QED) is 0.634. The number of ether oxygens (including phenoxy) is 2. The molecule has 1 saturated heterocycles. The molecule has 2 atom stereocenters. The lowest BCUT2D eigenvalue weighted by molar-refractivity contribution is 0.104. The highest BCUT2D eigenvalue weighted by molar-refractivity contribution is 4.67. The monoisotopic (exact) mass is 201 g/mol. The minimum absolute atomic E-state index is 0.388. The zero-order chi connectivity index (χ0) is 10.2. The summed E-state index contributed by atoms with van der Waals surface area (Å²) in [5.41, 5.74) is 0. The van der Waals surface area contributed by atoms with Gasteiger partial charge in [-0.05, 0) is 39.2 Å². The molecule has 1 heterocycles. The first-order chi connectivity index (χ1) is 6.83. The Hall–Kier alpha value is -0.120. The van der Waals surface area contributed by atoms with Crippen molar-refractivity contribution in [3.8, 4) is 0 Å². The Morgan fingerprint density at radius 3 is 3.07 bits per heavy atom. The van der Waals surface area contributed by atoms with Gasteiger partial charge in [0.15, 0.2) is 0 Å². The van der Waals surface area contributed by atoms with E-state index in [0.717, 1.165) is 26.1 Å². The average Bonchev–Trinajstić information content (AvgIpc) is 2.69. The zero-order valence-electron chi connectivity index (χ0n) is 9.42. The topological polar surface area (TPSA) is 30.5 Å². The molecule has 0 amide bonds. The maximum Gasteiger partial charge on any atom is 0.0700 e. The third kappa shape index (κ3) is 4.94. The second-order valence-electron chi connectivity index (χ2n) is 4.03. The summed E-state index contributed by atoms with van der Waals surface area (Å²) in [7, 11) is 1.77. The molecule has 0 aromatic carbocycles. The molecule has 3 heteroatoms. The van der Waals surface area contributed by atoms with E-state index in [1.165, 1.54) is 19.3 Å². The zero-order valence-corrected chi connectivity index (χ0v) is 9.42. The number of nitrogens with one attached hydrogen (secondary N) is 1. The first kappa shape index (κ1) is 12.0. The molecule has 1 N–H and O–H groups in total. The molecular weight excluding hydrogens is 178 g/mol. The standard InChI is InChI=1S/C11H23NO2/c1-10(13-2)5-3-7-12-9-11-6-4-8-14-11/h10-12H,3-9H2,1-2H3. The van der Waals surface area contributed by atoms with Crippen LogP contribution in [0.1, 0.15) is 32.6 Å². The van der Waals surface area contributed by atoms with Crippen LogP contribution in [0.2, 0.25) is 0 Å². The van der Waals surface area contributed by atoms with E-state index in [4.69, 9.17) is 9.47 Å². The van der Waals surface area contributed by atoms with Gasteiger partial charge in [0.2, 0.25) is 0 Å². The molecule has 0 aromatic rings. The molecule has 1 aliphatic heterocycles. The van der Waals surface area contributed by atoms with E-state index in [9.17, 15) is 0 Å². The van der Waals surface area contributed by atoms with Crippen LogP contribution in [-0.2, 0) is 9.47 Å². The molecule has 0 aromatic heterocycles. The summed E-state index contributed by atoms with van der Waals surface area (Å²) in [4.78, 5) is 0.